The van der Waals surface area contributed by atoms with E-state index in [1.807, 2.05) is 24.3 Å². The van der Waals surface area contributed by atoms with Crippen molar-refractivity contribution in [3.63, 3.8) is 0 Å². The highest BCUT2D eigenvalue weighted by molar-refractivity contribution is 7.92. The van der Waals surface area contributed by atoms with Crippen molar-refractivity contribution in [1.29, 1.82) is 0 Å². The maximum Gasteiger partial charge on any atom is 0.234 e. The van der Waals surface area contributed by atoms with E-state index in [9.17, 15) is 18.0 Å². The van der Waals surface area contributed by atoms with Gasteiger partial charge in [0.15, 0.2) is 5.82 Å². The van der Waals surface area contributed by atoms with Crippen LogP contribution in [0.25, 0.3) is 28.1 Å². The van der Waals surface area contributed by atoms with Crippen LogP contribution in [0.15, 0.2) is 91.5 Å². The molecule has 0 bridgehead atoms. The molecule has 8 rings (SSSR count). The molecule has 3 aliphatic rings. The molecular weight excluding hydrogens is 756 g/mol. The van der Waals surface area contributed by atoms with Gasteiger partial charge >= 0.3 is 0 Å². The fourth-order valence-electron chi connectivity index (χ4n) is 8.59. The summed E-state index contributed by atoms with van der Waals surface area (Å²) in [6, 6.07) is 20.8. The molecule has 58 heavy (non-hydrogen) atoms. The van der Waals surface area contributed by atoms with E-state index in [2.05, 4.69) is 49.1 Å². The molecule has 302 valence electrons. The van der Waals surface area contributed by atoms with Gasteiger partial charge in [0, 0.05) is 67.5 Å². The number of halogens is 1. The molecule has 3 fully saturated rings. The van der Waals surface area contributed by atoms with Crippen LogP contribution in [0.2, 0.25) is 0 Å². The van der Waals surface area contributed by atoms with E-state index >= 15 is 4.39 Å². The number of carbonyl (C=O) groups excluding carboxylic acids is 2. The SMILES string of the molecule is CCCS(=O)(=O)Nc1cccc(-c2cn(-c3ccc(C4CCN(CC5CCN(c6ccc([C@H]7CCC(=O)NC7=O)cn6)CC5)CC4)cc3)nc2-c2ccncc2)c1F. The number of imide groups is 1. The number of benzene rings is 2. The quantitative estimate of drug-likeness (QED) is 0.129. The summed E-state index contributed by atoms with van der Waals surface area (Å²) in [5.74, 6) is 0.550. The predicted octanol–water partition coefficient (Wildman–Crippen LogP) is 6.90. The van der Waals surface area contributed by atoms with Gasteiger partial charge in [0.1, 0.15) is 11.5 Å². The van der Waals surface area contributed by atoms with Gasteiger partial charge in [-0.25, -0.2) is 22.5 Å². The molecule has 2 N–H and O–H groups in total. The number of hydrogen-bond donors (Lipinski definition) is 2. The van der Waals surface area contributed by atoms with Crippen LogP contribution in [0.3, 0.4) is 0 Å². The van der Waals surface area contributed by atoms with Crippen LogP contribution < -0.4 is 14.9 Å². The largest absolute Gasteiger partial charge is 0.357 e. The van der Waals surface area contributed by atoms with Gasteiger partial charge in [-0.2, -0.15) is 5.10 Å². The monoisotopic (exact) mass is 804 g/mol. The summed E-state index contributed by atoms with van der Waals surface area (Å²) >= 11 is 0. The highest BCUT2D eigenvalue weighted by Gasteiger charge is 2.30. The van der Waals surface area contributed by atoms with Gasteiger partial charge in [-0.3, -0.25) is 24.6 Å². The zero-order valence-corrected chi connectivity index (χ0v) is 33.5. The lowest BCUT2D eigenvalue weighted by atomic mass is 9.88. The number of rotatable bonds is 12. The van der Waals surface area contributed by atoms with Crippen molar-refractivity contribution in [2.24, 2.45) is 5.92 Å². The maximum absolute atomic E-state index is 16.0. The number of nitrogens with one attached hydrogen (secondary N) is 2. The summed E-state index contributed by atoms with van der Waals surface area (Å²) < 4.78 is 45.2. The molecule has 1 atom stereocenters. The van der Waals surface area contributed by atoms with Gasteiger partial charge in [0.05, 0.1) is 23.0 Å². The summed E-state index contributed by atoms with van der Waals surface area (Å²) in [4.78, 5) is 37.6. The Bertz CT molecular complexity index is 2340. The van der Waals surface area contributed by atoms with Gasteiger partial charge in [-0.1, -0.05) is 37.3 Å². The van der Waals surface area contributed by atoms with Gasteiger partial charge in [-0.05, 0) is 111 Å². The van der Waals surface area contributed by atoms with E-state index in [0.717, 1.165) is 81.0 Å². The summed E-state index contributed by atoms with van der Waals surface area (Å²) in [6.45, 7) is 6.92. The number of hydrogen-bond acceptors (Lipinski definition) is 9. The topological polar surface area (TPSA) is 142 Å². The van der Waals surface area contributed by atoms with Crippen molar-refractivity contribution in [2.45, 2.75) is 63.7 Å². The molecule has 14 heteroatoms. The Morgan fingerprint density at radius 1 is 0.862 bits per heavy atom. The van der Waals surface area contributed by atoms with E-state index in [1.54, 1.807) is 48.5 Å². The number of sulfonamides is 1. The van der Waals surface area contributed by atoms with Gasteiger partial charge in [0.2, 0.25) is 21.8 Å². The average Bonchev–Trinajstić information content (AvgIpc) is 3.68. The first-order valence-corrected chi connectivity index (χ1v) is 22.0. The first kappa shape index (κ1) is 39.4. The standard InChI is InChI=1S/C44H49FN8O4S/c1-2-26-58(56,57)50-39-5-3-4-37(42(39)45)38-29-53(49-43(38)33-14-20-46-21-15-33)35-9-6-31(7-10-35)32-18-22-51(23-19-32)28-30-16-24-52(25-17-30)40-12-8-34(27-47-40)36-11-13-41(54)48-44(36)55/h3-10,12,14-15,20-21,27,29-30,32,36,50H,2,11,13,16-19,22-26,28H2,1H3,(H,48,54,55)/t36-/m1/s1. The fourth-order valence-corrected chi connectivity index (χ4v) is 9.72. The Kier molecular flexibility index (Phi) is 11.7. The zero-order chi connectivity index (χ0) is 40.2. The molecule has 3 aromatic heterocycles. The highest BCUT2D eigenvalue weighted by atomic mass is 32.2. The highest BCUT2D eigenvalue weighted by Crippen LogP contribution is 2.37. The average molecular weight is 805 g/mol. The summed E-state index contributed by atoms with van der Waals surface area (Å²) in [5, 5.41) is 7.34. The normalized spacial score (nSPS) is 18.7. The van der Waals surface area contributed by atoms with E-state index in [1.165, 1.54) is 11.6 Å². The van der Waals surface area contributed by atoms with Crippen molar-refractivity contribution in [1.82, 2.24) is 30.0 Å². The maximum atomic E-state index is 16.0. The molecule has 6 heterocycles. The van der Waals surface area contributed by atoms with Crippen LogP contribution in [-0.2, 0) is 19.6 Å². The molecule has 2 amide bonds. The summed E-state index contributed by atoms with van der Waals surface area (Å²) in [7, 11) is -3.69. The van der Waals surface area contributed by atoms with Crippen molar-refractivity contribution in [3.8, 4) is 28.1 Å². The number of likely N-dealkylation sites (tertiary alicyclic amines) is 1. The Morgan fingerprint density at radius 2 is 1.60 bits per heavy atom. The second-order valence-corrected chi connectivity index (χ2v) is 17.6. The number of aromatic nitrogens is 4. The number of piperidine rings is 3. The minimum Gasteiger partial charge on any atom is -0.357 e. The third-order valence-corrected chi connectivity index (χ3v) is 13.3. The molecule has 0 spiro atoms. The van der Waals surface area contributed by atoms with Crippen LogP contribution in [0.4, 0.5) is 15.9 Å². The lowest BCUT2D eigenvalue weighted by Crippen LogP contribution is -2.41. The third-order valence-electron chi connectivity index (χ3n) is 11.8. The summed E-state index contributed by atoms with van der Waals surface area (Å²) in [5.41, 5.74) is 5.03. The zero-order valence-electron chi connectivity index (χ0n) is 32.7. The second kappa shape index (κ2) is 17.2. The Hall–Kier alpha value is -5.47. The molecule has 0 unspecified atom stereocenters. The molecule has 3 saturated heterocycles. The number of carbonyl (C=O) groups is 2. The fraction of sp³-hybridized carbons (Fsp3) is 0.386. The second-order valence-electron chi connectivity index (χ2n) is 15.7. The van der Waals surface area contributed by atoms with E-state index in [-0.39, 0.29) is 34.7 Å². The predicted molar refractivity (Wildman–Crippen MR) is 223 cm³/mol. The van der Waals surface area contributed by atoms with Crippen LogP contribution in [0.1, 0.15) is 74.8 Å². The smallest absolute Gasteiger partial charge is 0.234 e. The van der Waals surface area contributed by atoms with Crippen molar-refractivity contribution in [2.75, 3.05) is 48.1 Å². The van der Waals surface area contributed by atoms with Crippen LogP contribution in [0.5, 0.6) is 0 Å². The molecule has 0 radical (unpaired) electrons. The number of pyridine rings is 2. The van der Waals surface area contributed by atoms with Crippen molar-refractivity contribution >= 4 is 33.3 Å². The lowest BCUT2D eigenvalue weighted by Gasteiger charge is -2.38. The minimum absolute atomic E-state index is 0.0922. The van der Waals surface area contributed by atoms with Gasteiger partial charge in [-0.15, -0.1) is 0 Å². The van der Waals surface area contributed by atoms with Gasteiger partial charge < -0.3 is 9.80 Å². The number of nitrogens with zero attached hydrogens (tertiary/aromatic N) is 6. The minimum atomic E-state index is -3.69. The molecule has 3 aliphatic heterocycles. The third kappa shape index (κ3) is 8.82. The Labute approximate surface area is 338 Å². The number of amides is 2. The number of anilines is 2. The van der Waals surface area contributed by atoms with Crippen molar-refractivity contribution in [3.05, 3.63) is 108 Å². The van der Waals surface area contributed by atoms with Crippen molar-refractivity contribution < 1.29 is 22.4 Å². The van der Waals surface area contributed by atoms with Gasteiger partial charge in [0.25, 0.3) is 0 Å². The lowest BCUT2D eigenvalue weighted by molar-refractivity contribution is -0.134. The first-order chi connectivity index (χ1) is 28.1. The Morgan fingerprint density at radius 3 is 2.29 bits per heavy atom. The van der Waals surface area contributed by atoms with Crippen LogP contribution in [-0.4, -0.2) is 83.4 Å². The molecule has 0 aliphatic carbocycles. The van der Waals surface area contributed by atoms with E-state index in [4.69, 9.17) is 10.1 Å². The van der Waals surface area contributed by atoms with E-state index in [0.29, 0.717) is 42.4 Å². The Balaban J connectivity index is 0.873. The first-order valence-electron chi connectivity index (χ1n) is 20.3. The summed E-state index contributed by atoms with van der Waals surface area (Å²) in [6.07, 6.45) is 12.7. The van der Waals surface area contributed by atoms with Crippen LogP contribution in [0, 0.1) is 11.7 Å². The molecule has 12 nitrogen and oxygen atoms in total. The van der Waals surface area contributed by atoms with Crippen LogP contribution >= 0.6 is 0 Å². The van der Waals surface area contributed by atoms with E-state index < -0.39 is 15.8 Å². The molecule has 2 aromatic carbocycles. The molecular formula is C44H49FN8O4S. The molecule has 5 aromatic rings. The molecule has 0 saturated carbocycles.